The van der Waals surface area contributed by atoms with Crippen LogP contribution in [0.25, 0.3) is 0 Å². The van der Waals surface area contributed by atoms with E-state index in [1.54, 1.807) is 24.3 Å². The molecule has 3 aromatic rings. The topological polar surface area (TPSA) is 114 Å². The monoisotopic (exact) mass is 628 g/mol. The van der Waals surface area contributed by atoms with Gasteiger partial charge in [-0.25, -0.2) is 13.6 Å². The predicted molar refractivity (Wildman–Crippen MR) is 162 cm³/mol. The van der Waals surface area contributed by atoms with Crippen LogP contribution >= 0.6 is 23.2 Å². The van der Waals surface area contributed by atoms with Gasteiger partial charge in [-0.05, 0) is 59.7 Å². The molecule has 4 N–H and O–H groups in total. The number of hydrogen-bond donors (Lipinski definition) is 4. The van der Waals surface area contributed by atoms with Gasteiger partial charge in [0.1, 0.15) is 17.0 Å². The van der Waals surface area contributed by atoms with E-state index in [-0.39, 0.29) is 33.1 Å². The second kappa shape index (κ2) is 12.9. The molecule has 2 amide bonds. The van der Waals surface area contributed by atoms with Gasteiger partial charge in [-0.2, -0.15) is 5.26 Å². The number of anilines is 1. The number of nitriles is 1. The molecule has 0 unspecified atom stereocenters. The number of nitrogens with one attached hydrogen (secondary N) is 3. The summed E-state index contributed by atoms with van der Waals surface area (Å²) < 4.78 is 31.5. The van der Waals surface area contributed by atoms with Gasteiger partial charge >= 0.3 is 6.09 Å². The number of halogens is 4. The maximum Gasteiger partial charge on any atom is 0.404 e. The average molecular weight is 630 g/mol. The number of carbonyl (C=O) groups is 2. The van der Waals surface area contributed by atoms with Gasteiger partial charge in [-0.3, -0.25) is 4.79 Å². The van der Waals surface area contributed by atoms with Gasteiger partial charge in [0.25, 0.3) is 0 Å². The molecule has 7 nitrogen and oxygen atoms in total. The highest BCUT2D eigenvalue weighted by Crippen LogP contribution is 2.52. The number of rotatable bonds is 8. The van der Waals surface area contributed by atoms with Crippen molar-refractivity contribution < 1.29 is 23.5 Å². The molecule has 1 aliphatic rings. The van der Waals surface area contributed by atoms with Crippen LogP contribution in [0.1, 0.15) is 49.8 Å². The predicted octanol–water partition coefficient (Wildman–Crippen LogP) is 7.04. The van der Waals surface area contributed by atoms with E-state index in [1.807, 2.05) is 20.8 Å². The first-order valence-corrected chi connectivity index (χ1v) is 14.5. The highest BCUT2D eigenvalue weighted by Gasteiger charge is 2.61. The van der Waals surface area contributed by atoms with Crippen LogP contribution < -0.4 is 16.0 Å². The zero-order valence-electron chi connectivity index (χ0n) is 23.8. The molecule has 0 aromatic heterocycles. The molecule has 11 heteroatoms. The van der Waals surface area contributed by atoms with Crippen LogP contribution in [0.4, 0.5) is 19.3 Å². The zero-order valence-corrected chi connectivity index (χ0v) is 25.4. The van der Waals surface area contributed by atoms with Crippen molar-refractivity contribution in [2.75, 3.05) is 11.9 Å². The summed E-state index contributed by atoms with van der Waals surface area (Å²) in [7, 11) is 0. The molecule has 4 atom stereocenters. The summed E-state index contributed by atoms with van der Waals surface area (Å²) in [6.45, 7) is 6.12. The van der Waals surface area contributed by atoms with E-state index in [2.05, 4.69) is 22.0 Å². The molecule has 4 rings (SSSR count). The quantitative estimate of drug-likeness (QED) is 0.214. The minimum absolute atomic E-state index is 0.000138. The number of nitrogens with zero attached hydrogens (tertiary/aromatic N) is 1. The molecule has 0 aliphatic carbocycles. The average Bonchev–Trinajstić information content (AvgIpc) is 3.24. The number of carbonyl (C=O) groups excluding carboxylic acids is 1. The number of benzene rings is 3. The van der Waals surface area contributed by atoms with Crippen molar-refractivity contribution in [2.24, 2.45) is 5.41 Å². The molecule has 0 radical (unpaired) electrons. The lowest BCUT2D eigenvalue weighted by Crippen LogP contribution is -2.45. The van der Waals surface area contributed by atoms with Gasteiger partial charge in [0.2, 0.25) is 5.91 Å². The third-order valence-corrected chi connectivity index (χ3v) is 8.17. The summed E-state index contributed by atoms with van der Waals surface area (Å²) in [4.78, 5) is 24.7. The summed E-state index contributed by atoms with van der Waals surface area (Å²) >= 11 is 12.3. The van der Waals surface area contributed by atoms with Gasteiger partial charge in [-0.1, -0.05) is 74.3 Å². The van der Waals surface area contributed by atoms with Crippen LogP contribution in [0.15, 0.2) is 60.7 Å². The minimum atomic E-state index is -1.73. The van der Waals surface area contributed by atoms with Gasteiger partial charge in [0.05, 0.1) is 17.1 Å². The summed E-state index contributed by atoms with van der Waals surface area (Å²) in [6.07, 6.45) is -0.313. The molecule has 1 heterocycles. The molecular formula is C32H32Cl2F2N4O3. The fraction of sp³-hybridized carbons (Fsp3) is 0.344. The Morgan fingerprint density at radius 2 is 1.79 bits per heavy atom. The summed E-state index contributed by atoms with van der Waals surface area (Å²) in [6, 6.07) is 15.6. The van der Waals surface area contributed by atoms with Crippen molar-refractivity contribution >= 4 is 40.9 Å². The van der Waals surface area contributed by atoms with Crippen LogP contribution in [0.3, 0.4) is 0 Å². The molecule has 1 aliphatic heterocycles. The molecule has 0 saturated carbocycles. The molecule has 1 fully saturated rings. The molecule has 1 saturated heterocycles. The second-order valence-corrected chi connectivity index (χ2v) is 12.7. The Morgan fingerprint density at radius 3 is 2.40 bits per heavy atom. The maximum atomic E-state index is 15.8. The van der Waals surface area contributed by atoms with Crippen molar-refractivity contribution in [1.82, 2.24) is 10.6 Å². The molecule has 43 heavy (non-hydrogen) atoms. The first-order valence-electron chi connectivity index (χ1n) is 13.7. The Bertz CT molecular complexity index is 1560. The van der Waals surface area contributed by atoms with Crippen LogP contribution in [0, 0.1) is 28.4 Å². The van der Waals surface area contributed by atoms with Crippen LogP contribution in [0.5, 0.6) is 0 Å². The lowest BCUT2D eigenvalue weighted by molar-refractivity contribution is -0.118. The minimum Gasteiger partial charge on any atom is -0.465 e. The lowest BCUT2D eigenvalue weighted by Gasteiger charge is -2.37. The van der Waals surface area contributed by atoms with E-state index in [4.69, 9.17) is 28.3 Å². The van der Waals surface area contributed by atoms with E-state index in [0.717, 1.165) is 11.6 Å². The normalized spacial score (nSPS) is 21.7. The lowest BCUT2D eigenvalue weighted by atomic mass is 9.62. The third kappa shape index (κ3) is 6.93. The largest absolute Gasteiger partial charge is 0.465 e. The zero-order chi connectivity index (χ0) is 31.5. The highest BCUT2D eigenvalue weighted by molar-refractivity contribution is 6.31. The molecule has 0 bridgehead atoms. The number of carboxylic acid groups (broad SMARTS) is 1. The van der Waals surface area contributed by atoms with Gasteiger partial charge in [0, 0.05) is 34.8 Å². The molecule has 0 spiro atoms. The maximum absolute atomic E-state index is 15.8. The van der Waals surface area contributed by atoms with E-state index in [0.29, 0.717) is 18.5 Å². The standard InChI is InChI=1S/C32H32Cl2F2N4O3/c1-31(2,3)16-25-32(17-37,22-12-9-19(33)15-24(22)35)26(21-5-4-6-23(34)27(21)36)28(40-25)29(41)39-20-10-7-18(8-11-20)13-14-38-30(42)43/h4-12,15,25-26,28,38,40H,13-14,16H2,1-3H3,(H,39,41)(H,42,43)/t25-,26-,28+,32-/m0/s1. The van der Waals surface area contributed by atoms with Crippen LogP contribution in [-0.4, -0.2) is 35.7 Å². The highest BCUT2D eigenvalue weighted by atomic mass is 35.5. The van der Waals surface area contributed by atoms with Gasteiger partial charge in [-0.15, -0.1) is 0 Å². The van der Waals surface area contributed by atoms with Crippen molar-refractivity contribution in [3.05, 3.63) is 99.0 Å². The van der Waals surface area contributed by atoms with Gasteiger partial charge in [0.15, 0.2) is 0 Å². The van der Waals surface area contributed by atoms with E-state index < -0.39 is 47.1 Å². The second-order valence-electron chi connectivity index (χ2n) is 11.9. The Morgan fingerprint density at radius 1 is 1.09 bits per heavy atom. The van der Waals surface area contributed by atoms with Crippen molar-refractivity contribution in [1.29, 1.82) is 5.26 Å². The van der Waals surface area contributed by atoms with Crippen molar-refractivity contribution in [3.8, 4) is 6.07 Å². The molecule has 226 valence electrons. The van der Waals surface area contributed by atoms with Crippen molar-refractivity contribution in [3.63, 3.8) is 0 Å². The Kier molecular flexibility index (Phi) is 9.65. The SMILES string of the molecule is CC(C)(C)C[C@@H]1N[C@@H](C(=O)Nc2ccc(CCNC(=O)O)cc2)[C@H](c2cccc(Cl)c2F)[C@@]1(C#N)c1ccc(Cl)cc1F. The van der Waals surface area contributed by atoms with Crippen LogP contribution in [-0.2, 0) is 16.6 Å². The number of amides is 2. The summed E-state index contributed by atoms with van der Waals surface area (Å²) in [5.41, 5.74) is -0.801. The smallest absolute Gasteiger partial charge is 0.404 e. The number of hydrogen-bond acceptors (Lipinski definition) is 4. The van der Waals surface area contributed by atoms with Gasteiger partial charge < -0.3 is 21.1 Å². The Hall–Kier alpha value is -3.71. The van der Waals surface area contributed by atoms with E-state index in [1.165, 1.54) is 30.3 Å². The summed E-state index contributed by atoms with van der Waals surface area (Å²) in [5.74, 6) is -3.26. The molecule has 3 aromatic carbocycles. The first-order chi connectivity index (χ1) is 20.3. The van der Waals surface area contributed by atoms with Crippen LogP contribution in [0.2, 0.25) is 10.0 Å². The fourth-order valence-corrected chi connectivity index (χ4v) is 6.19. The Labute approximate surface area is 259 Å². The summed E-state index contributed by atoms with van der Waals surface area (Å²) in [5, 5.41) is 28.1. The molecular weight excluding hydrogens is 597 g/mol. The van der Waals surface area contributed by atoms with Crippen molar-refractivity contribution in [2.45, 2.75) is 57.0 Å². The first kappa shape index (κ1) is 32.2. The third-order valence-electron chi connectivity index (χ3n) is 7.64. The van der Waals surface area contributed by atoms with E-state index in [9.17, 15) is 14.9 Å². The Balaban J connectivity index is 1.81. The fourth-order valence-electron chi connectivity index (χ4n) is 5.85. The van der Waals surface area contributed by atoms with E-state index >= 15 is 8.78 Å².